The summed E-state index contributed by atoms with van der Waals surface area (Å²) in [7, 11) is 0. The van der Waals surface area contributed by atoms with Crippen LogP contribution in [0.5, 0.6) is 0 Å². The number of benzene rings is 11. The molecule has 0 aliphatic rings. The molecule has 3 heterocycles. The Labute approximate surface area is 423 Å². The molecule has 0 spiro atoms. The van der Waals surface area contributed by atoms with Crippen LogP contribution in [-0.4, -0.2) is 0 Å². The molecule has 2 nitrogen and oxygen atoms in total. The van der Waals surface area contributed by atoms with E-state index in [1.165, 1.54) is 94.1 Å². The van der Waals surface area contributed by atoms with Gasteiger partial charge in [-0.1, -0.05) is 182 Å². The highest BCUT2D eigenvalue weighted by Gasteiger charge is 2.23. The summed E-state index contributed by atoms with van der Waals surface area (Å²) in [6.07, 6.45) is 0. The van der Waals surface area contributed by atoms with Crippen LogP contribution in [0.15, 0.2) is 255 Å². The van der Waals surface area contributed by atoms with E-state index in [1.807, 2.05) is 34.0 Å². The summed E-state index contributed by atoms with van der Waals surface area (Å²) >= 11 is 5.62. The van der Waals surface area contributed by atoms with Crippen LogP contribution < -0.4 is 9.80 Å². The van der Waals surface area contributed by atoms with Crippen molar-refractivity contribution in [3.63, 3.8) is 0 Å². The highest BCUT2D eigenvalue weighted by atomic mass is 32.1. The minimum Gasteiger partial charge on any atom is -0.309 e. The molecule has 0 fully saturated rings. The molecule has 0 radical (unpaired) electrons. The molecule has 0 saturated heterocycles. The van der Waals surface area contributed by atoms with Gasteiger partial charge in [-0.05, 0) is 106 Å². The zero-order valence-electron chi connectivity index (χ0n) is 38.4. The van der Waals surface area contributed by atoms with Gasteiger partial charge in [0.15, 0.2) is 0 Å². The predicted octanol–water partition coefficient (Wildman–Crippen LogP) is 20.7. The number of fused-ring (bicyclic) bond motifs is 9. The highest BCUT2D eigenvalue weighted by molar-refractivity contribution is 7.27. The maximum Gasteiger partial charge on any atom is 0.0640 e. The minimum atomic E-state index is 1.09. The highest BCUT2D eigenvalue weighted by Crippen LogP contribution is 2.50. The molecular weight excluding hydrogens is 917 g/mol. The first-order valence-corrected chi connectivity index (χ1v) is 26.4. The summed E-state index contributed by atoms with van der Waals surface area (Å²) in [5.41, 5.74) is 13.9. The quantitative estimate of drug-likeness (QED) is 0.142. The van der Waals surface area contributed by atoms with E-state index in [0.717, 1.165) is 33.9 Å². The van der Waals surface area contributed by atoms with Crippen LogP contribution in [-0.2, 0) is 0 Å². The number of hydrogen-bond acceptors (Lipinski definition) is 5. The van der Waals surface area contributed by atoms with Gasteiger partial charge < -0.3 is 9.80 Å². The van der Waals surface area contributed by atoms with Crippen molar-refractivity contribution in [1.82, 2.24) is 0 Å². The van der Waals surface area contributed by atoms with Crippen molar-refractivity contribution in [1.29, 1.82) is 0 Å². The normalized spacial score (nSPS) is 11.7. The van der Waals surface area contributed by atoms with E-state index < -0.39 is 0 Å². The van der Waals surface area contributed by atoms with E-state index in [4.69, 9.17) is 0 Å². The van der Waals surface area contributed by atoms with Crippen LogP contribution in [0.2, 0.25) is 0 Å². The zero-order valence-corrected chi connectivity index (χ0v) is 40.8. The molecule has 0 unspecified atom stereocenters. The van der Waals surface area contributed by atoms with Crippen molar-refractivity contribution in [3.8, 4) is 33.4 Å². The number of nitrogens with zero attached hydrogens (tertiary/aromatic N) is 2. The van der Waals surface area contributed by atoms with Crippen molar-refractivity contribution < 1.29 is 0 Å². The fourth-order valence-corrected chi connectivity index (χ4v) is 14.1. The molecule has 0 N–H and O–H groups in total. The molecule has 3 aromatic heterocycles. The lowest BCUT2D eigenvalue weighted by molar-refractivity contribution is 1.30. The van der Waals surface area contributed by atoms with E-state index in [-0.39, 0.29) is 0 Å². The molecule has 14 aromatic rings. The second kappa shape index (κ2) is 17.3. The van der Waals surface area contributed by atoms with Crippen LogP contribution in [0, 0.1) is 0 Å². The third-order valence-electron chi connectivity index (χ3n) is 13.8. The monoisotopic (exact) mass is 958 g/mol. The van der Waals surface area contributed by atoms with Gasteiger partial charge in [-0.25, -0.2) is 0 Å². The van der Waals surface area contributed by atoms with Crippen LogP contribution in [0.4, 0.5) is 34.1 Å². The van der Waals surface area contributed by atoms with Gasteiger partial charge in [-0.3, -0.25) is 0 Å². The van der Waals surface area contributed by atoms with Crippen molar-refractivity contribution in [2.45, 2.75) is 0 Å². The molecule has 11 aromatic carbocycles. The average molecular weight is 959 g/mol. The molecule has 71 heavy (non-hydrogen) atoms. The van der Waals surface area contributed by atoms with Crippen LogP contribution in [0.3, 0.4) is 0 Å². The van der Waals surface area contributed by atoms with Crippen molar-refractivity contribution >= 4 is 129 Å². The van der Waals surface area contributed by atoms with Gasteiger partial charge in [0.25, 0.3) is 0 Å². The Kier molecular flexibility index (Phi) is 10.1. The van der Waals surface area contributed by atoms with E-state index >= 15 is 0 Å². The standard InChI is InChI=1S/C66H42N2S3/c1-2-16-43(17-3-1)44-36-38-45(39-37-44)46-18-10-21-49(40-46)67(58-30-13-27-55-52-24-4-7-33-61(52)69-64(55)58)50-22-11-19-47(41-50)48-20-12-23-51(42-48)68(59-31-14-28-56-53-25-5-8-34-62(53)70-65(56)59)60-32-15-29-57-54-26-6-9-35-63(54)71-66(57)60/h1-42H. The topological polar surface area (TPSA) is 6.48 Å². The first-order valence-electron chi connectivity index (χ1n) is 24.0. The third-order valence-corrected chi connectivity index (χ3v) is 17.5. The van der Waals surface area contributed by atoms with Gasteiger partial charge in [0, 0.05) is 63.5 Å². The molecular formula is C66H42N2S3. The van der Waals surface area contributed by atoms with Crippen LogP contribution in [0.1, 0.15) is 0 Å². The lowest BCUT2D eigenvalue weighted by Crippen LogP contribution is -2.11. The second-order valence-electron chi connectivity index (χ2n) is 18.0. The van der Waals surface area contributed by atoms with Gasteiger partial charge in [-0.15, -0.1) is 34.0 Å². The molecule has 5 heteroatoms. The molecule has 0 amide bonds. The summed E-state index contributed by atoms with van der Waals surface area (Å²) in [4.78, 5) is 4.97. The Bertz CT molecular complexity index is 4200. The summed E-state index contributed by atoms with van der Waals surface area (Å²) in [6, 6.07) is 93.6. The Morgan fingerprint density at radius 3 is 0.944 bits per heavy atom. The van der Waals surface area contributed by atoms with Gasteiger partial charge in [-0.2, -0.15) is 0 Å². The first-order chi connectivity index (χ1) is 35.2. The van der Waals surface area contributed by atoms with Gasteiger partial charge in [0.05, 0.1) is 31.2 Å². The molecule has 0 saturated carbocycles. The first kappa shape index (κ1) is 41.6. The number of rotatable bonds is 9. The smallest absolute Gasteiger partial charge is 0.0640 e. The average Bonchev–Trinajstić information content (AvgIpc) is 4.15. The fraction of sp³-hybridized carbons (Fsp3) is 0. The van der Waals surface area contributed by atoms with E-state index in [1.54, 1.807) is 0 Å². The number of hydrogen-bond donors (Lipinski definition) is 0. The Hall–Kier alpha value is -8.32. The lowest BCUT2D eigenvalue weighted by atomic mass is 9.99. The molecule has 14 rings (SSSR count). The van der Waals surface area contributed by atoms with Crippen molar-refractivity contribution in [2.75, 3.05) is 9.80 Å². The Morgan fingerprint density at radius 1 is 0.211 bits per heavy atom. The van der Waals surface area contributed by atoms with E-state index in [0.29, 0.717) is 0 Å². The SMILES string of the molecule is c1ccc(-c2ccc(-c3cccc(N(c4cccc(-c5cccc(N(c6cccc7c6sc6ccccc67)c6cccc7c6sc6ccccc67)c5)c4)c4cccc5c4sc4ccccc45)c3)cc2)cc1. The Balaban J connectivity index is 0.928. The zero-order chi connectivity index (χ0) is 46.8. The molecule has 0 aliphatic carbocycles. The second-order valence-corrected chi connectivity index (χ2v) is 21.2. The fourth-order valence-electron chi connectivity index (χ4n) is 10.5. The van der Waals surface area contributed by atoms with Crippen LogP contribution in [0.25, 0.3) is 93.9 Å². The lowest BCUT2D eigenvalue weighted by Gasteiger charge is -2.28. The maximum atomic E-state index is 2.51. The number of thiophene rings is 3. The minimum absolute atomic E-state index is 1.09. The molecule has 0 atom stereocenters. The largest absolute Gasteiger partial charge is 0.309 e. The predicted molar refractivity (Wildman–Crippen MR) is 311 cm³/mol. The van der Waals surface area contributed by atoms with Crippen molar-refractivity contribution in [3.05, 3.63) is 255 Å². The summed E-state index contributed by atoms with van der Waals surface area (Å²) in [6.45, 7) is 0. The molecule has 334 valence electrons. The van der Waals surface area contributed by atoms with Gasteiger partial charge >= 0.3 is 0 Å². The van der Waals surface area contributed by atoms with Gasteiger partial charge in [0.2, 0.25) is 0 Å². The summed E-state index contributed by atoms with van der Waals surface area (Å²) in [5, 5.41) is 7.70. The van der Waals surface area contributed by atoms with Crippen molar-refractivity contribution in [2.24, 2.45) is 0 Å². The van der Waals surface area contributed by atoms with Crippen LogP contribution >= 0.6 is 34.0 Å². The summed E-state index contributed by atoms with van der Waals surface area (Å²) in [5.74, 6) is 0. The van der Waals surface area contributed by atoms with E-state index in [2.05, 4.69) is 265 Å². The van der Waals surface area contributed by atoms with E-state index in [9.17, 15) is 0 Å². The molecule has 0 bridgehead atoms. The third kappa shape index (κ3) is 7.20. The maximum absolute atomic E-state index is 2.51. The Morgan fingerprint density at radius 2 is 0.507 bits per heavy atom. The summed E-state index contributed by atoms with van der Waals surface area (Å²) < 4.78 is 7.69. The number of anilines is 6. The van der Waals surface area contributed by atoms with Gasteiger partial charge in [0.1, 0.15) is 0 Å². The molecule has 0 aliphatic heterocycles.